The van der Waals surface area contributed by atoms with E-state index in [0.29, 0.717) is 11.5 Å². The van der Waals surface area contributed by atoms with Crippen LogP contribution in [0, 0.1) is 0 Å². The van der Waals surface area contributed by atoms with E-state index in [1.54, 1.807) is 0 Å². The third-order valence-corrected chi connectivity index (χ3v) is 4.10. The van der Waals surface area contributed by atoms with E-state index in [1.165, 1.54) is 29.2 Å². The molecule has 5 heteroatoms. The van der Waals surface area contributed by atoms with Crippen molar-refractivity contribution in [2.24, 2.45) is 0 Å². The van der Waals surface area contributed by atoms with Crippen LogP contribution in [0.3, 0.4) is 0 Å². The van der Waals surface area contributed by atoms with E-state index in [4.69, 9.17) is 9.52 Å². The van der Waals surface area contributed by atoms with Crippen molar-refractivity contribution in [3.63, 3.8) is 0 Å². The van der Waals surface area contributed by atoms with Gasteiger partial charge in [0.05, 0.1) is 5.56 Å². The van der Waals surface area contributed by atoms with Crippen molar-refractivity contribution in [2.75, 3.05) is 0 Å². The van der Waals surface area contributed by atoms with E-state index in [9.17, 15) is 4.79 Å². The topological polar surface area (TPSA) is 63.3 Å². The highest BCUT2D eigenvalue weighted by molar-refractivity contribution is 7.13. The number of carboxylic acid groups (broad SMARTS) is 1. The fourth-order valence-electron chi connectivity index (χ4n) is 1.99. The lowest BCUT2D eigenvalue weighted by molar-refractivity contribution is 0.0696. The van der Waals surface area contributed by atoms with Gasteiger partial charge in [0, 0.05) is 17.0 Å². The van der Waals surface area contributed by atoms with E-state index in [1.807, 2.05) is 17.5 Å². The first kappa shape index (κ1) is 13.6. The highest BCUT2D eigenvalue weighted by Crippen LogP contribution is 2.30. The van der Waals surface area contributed by atoms with Crippen LogP contribution in [-0.2, 0) is 6.42 Å². The summed E-state index contributed by atoms with van der Waals surface area (Å²) < 4.78 is 5.26. The third-order valence-electron chi connectivity index (χ3n) is 3.21. The van der Waals surface area contributed by atoms with Gasteiger partial charge in [-0.1, -0.05) is 31.2 Å². The average molecular weight is 299 g/mol. The number of aromatic carboxylic acids is 1. The summed E-state index contributed by atoms with van der Waals surface area (Å²) in [6.45, 7) is 2.12. The summed E-state index contributed by atoms with van der Waals surface area (Å²) in [5.41, 5.74) is 3.12. The van der Waals surface area contributed by atoms with Gasteiger partial charge in [0.1, 0.15) is 17.0 Å². The Bertz CT molecular complexity index is 771. The normalized spacial score (nSPS) is 10.7. The molecule has 2 aromatic heterocycles. The second kappa shape index (κ2) is 5.54. The van der Waals surface area contributed by atoms with Crippen LogP contribution in [0.1, 0.15) is 22.8 Å². The van der Waals surface area contributed by atoms with Crippen LogP contribution in [-0.4, -0.2) is 16.1 Å². The fourth-order valence-corrected chi connectivity index (χ4v) is 2.80. The lowest BCUT2D eigenvalue weighted by Crippen LogP contribution is -1.91. The molecule has 0 spiro atoms. The molecule has 0 unspecified atom stereocenters. The molecule has 0 amide bonds. The van der Waals surface area contributed by atoms with Crippen molar-refractivity contribution in [2.45, 2.75) is 13.3 Å². The van der Waals surface area contributed by atoms with Crippen molar-refractivity contribution in [1.29, 1.82) is 0 Å². The van der Waals surface area contributed by atoms with Crippen LogP contribution in [0.2, 0.25) is 0 Å². The molecule has 2 heterocycles. The number of aromatic nitrogens is 1. The average Bonchev–Trinajstić information content (AvgIpc) is 3.16. The van der Waals surface area contributed by atoms with Crippen LogP contribution < -0.4 is 0 Å². The molecule has 0 saturated heterocycles. The van der Waals surface area contributed by atoms with Crippen molar-refractivity contribution < 1.29 is 14.3 Å². The molecule has 3 rings (SSSR count). The molecule has 3 aromatic rings. The van der Waals surface area contributed by atoms with Crippen molar-refractivity contribution in [3.05, 3.63) is 53.1 Å². The molecule has 1 N–H and O–H groups in total. The molecule has 0 radical (unpaired) electrons. The first-order valence-corrected chi connectivity index (χ1v) is 7.42. The SMILES string of the molecule is CCc1ccc(-c2nc(-c3cc(C(=O)O)co3)cs2)cc1. The molecule has 0 fully saturated rings. The Labute approximate surface area is 125 Å². The maximum absolute atomic E-state index is 10.9. The Hall–Kier alpha value is -2.40. The number of rotatable bonds is 4. The number of hydrogen-bond donors (Lipinski definition) is 1. The second-order valence-corrected chi connectivity index (χ2v) is 5.45. The summed E-state index contributed by atoms with van der Waals surface area (Å²) >= 11 is 1.51. The standard InChI is InChI=1S/C16H13NO3S/c1-2-10-3-5-11(6-4-10)15-17-13(9-21-15)14-7-12(8-20-14)16(18)19/h3-9H,2H2,1H3,(H,18,19). The summed E-state index contributed by atoms with van der Waals surface area (Å²) in [6, 6.07) is 9.76. The van der Waals surface area contributed by atoms with Gasteiger partial charge in [-0.25, -0.2) is 9.78 Å². The van der Waals surface area contributed by atoms with Gasteiger partial charge >= 0.3 is 5.97 Å². The Kier molecular flexibility index (Phi) is 3.58. The van der Waals surface area contributed by atoms with Gasteiger partial charge in [0.25, 0.3) is 0 Å². The molecule has 0 aliphatic carbocycles. The maximum Gasteiger partial charge on any atom is 0.338 e. The molecular formula is C16H13NO3S. The minimum atomic E-state index is -1.00. The summed E-state index contributed by atoms with van der Waals surface area (Å²) in [5, 5.41) is 11.7. The largest absolute Gasteiger partial charge is 0.478 e. The number of aryl methyl sites for hydroxylation is 1. The van der Waals surface area contributed by atoms with Crippen LogP contribution in [0.5, 0.6) is 0 Å². The number of furan rings is 1. The van der Waals surface area contributed by atoms with Gasteiger partial charge in [-0.05, 0) is 12.0 Å². The zero-order valence-corrected chi connectivity index (χ0v) is 12.2. The van der Waals surface area contributed by atoms with Gasteiger partial charge in [0.2, 0.25) is 0 Å². The Balaban J connectivity index is 1.89. The summed E-state index contributed by atoms with van der Waals surface area (Å²) in [6.07, 6.45) is 2.24. The predicted octanol–water partition coefficient (Wildman–Crippen LogP) is 4.33. The molecular weight excluding hydrogens is 286 g/mol. The lowest BCUT2D eigenvalue weighted by atomic mass is 10.1. The number of carbonyl (C=O) groups is 1. The van der Waals surface area contributed by atoms with E-state index in [-0.39, 0.29) is 5.56 Å². The van der Waals surface area contributed by atoms with Gasteiger partial charge in [-0.2, -0.15) is 0 Å². The minimum Gasteiger partial charge on any atom is -0.478 e. The number of carboxylic acids is 1. The first-order chi connectivity index (χ1) is 10.2. The number of benzene rings is 1. The van der Waals surface area contributed by atoms with Crippen LogP contribution in [0.25, 0.3) is 22.0 Å². The Morgan fingerprint density at radius 3 is 2.71 bits per heavy atom. The van der Waals surface area contributed by atoms with Crippen molar-refractivity contribution in [3.8, 4) is 22.0 Å². The molecule has 21 heavy (non-hydrogen) atoms. The summed E-state index contributed by atoms with van der Waals surface area (Å²) in [4.78, 5) is 15.4. The maximum atomic E-state index is 10.9. The number of nitrogens with zero attached hydrogens (tertiary/aromatic N) is 1. The monoisotopic (exact) mass is 299 g/mol. The van der Waals surface area contributed by atoms with Gasteiger partial charge < -0.3 is 9.52 Å². The lowest BCUT2D eigenvalue weighted by Gasteiger charge is -1.98. The minimum absolute atomic E-state index is 0.131. The van der Waals surface area contributed by atoms with E-state index in [0.717, 1.165) is 17.0 Å². The van der Waals surface area contributed by atoms with E-state index < -0.39 is 5.97 Å². The number of thiazole rings is 1. The zero-order valence-electron chi connectivity index (χ0n) is 11.4. The third kappa shape index (κ3) is 2.73. The van der Waals surface area contributed by atoms with Crippen molar-refractivity contribution in [1.82, 2.24) is 4.98 Å². The highest BCUT2D eigenvalue weighted by atomic mass is 32.1. The zero-order chi connectivity index (χ0) is 14.8. The van der Waals surface area contributed by atoms with Crippen LogP contribution in [0.15, 0.2) is 46.4 Å². The van der Waals surface area contributed by atoms with E-state index in [2.05, 4.69) is 24.0 Å². The van der Waals surface area contributed by atoms with Gasteiger partial charge in [0.15, 0.2) is 5.76 Å². The van der Waals surface area contributed by atoms with Gasteiger partial charge in [-0.3, -0.25) is 0 Å². The molecule has 0 atom stereocenters. The van der Waals surface area contributed by atoms with Crippen molar-refractivity contribution >= 4 is 17.3 Å². The van der Waals surface area contributed by atoms with Crippen LogP contribution >= 0.6 is 11.3 Å². The first-order valence-electron chi connectivity index (χ1n) is 6.54. The summed E-state index contributed by atoms with van der Waals surface area (Å²) in [5.74, 6) is -0.532. The fraction of sp³-hybridized carbons (Fsp3) is 0.125. The number of hydrogen-bond acceptors (Lipinski definition) is 4. The molecule has 0 saturated carbocycles. The highest BCUT2D eigenvalue weighted by Gasteiger charge is 2.13. The molecule has 1 aromatic carbocycles. The molecule has 0 aliphatic heterocycles. The quantitative estimate of drug-likeness (QED) is 0.778. The van der Waals surface area contributed by atoms with Gasteiger partial charge in [-0.15, -0.1) is 11.3 Å². The molecule has 0 aliphatic rings. The Morgan fingerprint density at radius 1 is 1.33 bits per heavy atom. The molecule has 106 valence electrons. The smallest absolute Gasteiger partial charge is 0.338 e. The summed E-state index contributed by atoms with van der Waals surface area (Å²) in [7, 11) is 0. The molecule has 0 bridgehead atoms. The molecule has 4 nitrogen and oxygen atoms in total. The van der Waals surface area contributed by atoms with E-state index >= 15 is 0 Å². The Morgan fingerprint density at radius 2 is 2.10 bits per heavy atom. The predicted molar refractivity (Wildman–Crippen MR) is 81.6 cm³/mol. The second-order valence-electron chi connectivity index (χ2n) is 4.59. The van der Waals surface area contributed by atoms with Crippen LogP contribution in [0.4, 0.5) is 0 Å².